The molecule has 0 saturated heterocycles. The van der Waals surface area contributed by atoms with Crippen LogP contribution in [0.1, 0.15) is 23.7 Å². The number of furan rings is 1. The Morgan fingerprint density at radius 3 is 2.90 bits per heavy atom. The van der Waals surface area contributed by atoms with E-state index in [9.17, 15) is 4.79 Å². The maximum absolute atomic E-state index is 12.4. The highest BCUT2D eigenvalue weighted by Crippen LogP contribution is 2.21. The van der Waals surface area contributed by atoms with Crippen molar-refractivity contribution in [1.82, 2.24) is 5.32 Å². The van der Waals surface area contributed by atoms with E-state index in [-0.39, 0.29) is 12.5 Å². The van der Waals surface area contributed by atoms with Crippen LogP contribution in [-0.2, 0) is 4.74 Å². The van der Waals surface area contributed by atoms with Crippen LogP contribution in [0.2, 0.25) is 0 Å². The van der Waals surface area contributed by atoms with Gasteiger partial charge in [0, 0.05) is 19.1 Å². The van der Waals surface area contributed by atoms with E-state index in [0.29, 0.717) is 24.2 Å². The van der Waals surface area contributed by atoms with Crippen LogP contribution in [0.5, 0.6) is 0 Å². The fourth-order valence-electron chi connectivity index (χ4n) is 2.23. The van der Waals surface area contributed by atoms with Crippen molar-refractivity contribution < 1.29 is 19.1 Å². The van der Waals surface area contributed by atoms with Crippen LogP contribution in [0, 0.1) is 0 Å². The third-order valence-electron chi connectivity index (χ3n) is 3.27. The average Bonchev–Trinajstić information content (AvgIpc) is 2.82. The molecule has 1 heterocycles. The molecule has 0 aliphatic rings. The first-order valence-corrected chi connectivity index (χ1v) is 6.48. The van der Waals surface area contributed by atoms with Crippen molar-refractivity contribution in [3.05, 3.63) is 36.1 Å². The van der Waals surface area contributed by atoms with Crippen molar-refractivity contribution in [1.29, 1.82) is 0 Å². The number of methoxy groups -OCH3 is 1. The molecule has 2 aromatic rings. The number of nitrogens with one attached hydrogen (secondary N) is 1. The number of carbonyl (C=O) groups is 1. The fraction of sp³-hybridized carbons (Fsp3) is 0.400. The molecular formula is C15H19NO4. The summed E-state index contributed by atoms with van der Waals surface area (Å²) in [6.45, 7) is 2.15. The van der Waals surface area contributed by atoms with E-state index < -0.39 is 5.54 Å². The van der Waals surface area contributed by atoms with Gasteiger partial charge in [-0.1, -0.05) is 18.2 Å². The number of amides is 1. The molecule has 0 fully saturated rings. The van der Waals surface area contributed by atoms with Crippen molar-refractivity contribution in [2.45, 2.75) is 18.9 Å². The minimum atomic E-state index is -0.612. The molecule has 0 aliphatic carbocycles. The molecule has 108 valence electrons. The number of hydrogen-bond acceptors (Lipinski definition) is 4. The summed E-state index contributed by atoms with van der Waals surface area (Å²) < 4.78 is 10.5. The largest absolute Gasteiger partial charge is 0.463 e. The lowest BCUT2D eigenvalue weighted by atomic mass is 9.98. The summed E-state index contributed by atoms with van der Waals surface area (Å²) in [5.41, 5.74) is 0.549. The Labute approximate surface area is 117 Å². The number of rotatable bonds is 6. The van der Waals surface area contributed by atoms with E-state index in [4.69, 9.17) is 14.3 Å². The molecule has 0 radical (unpaired) electrons. The van der Waals surface area contributed by atoms with Gasteiger partial charge >= 0.3 is 0 Å². The number of fused-ring (bicyclic) bond motifs is 1. The van der Waals surface area contributed by atoms with Gasteiger partial charge in [-0.3, -0.25) is 4.79 Å². The molecule has 0 bridgehead atoms. The monoisotopic (exact) mass is 277 g/mol. The fourth-order valence-corrected chi connectivity index (χ4v) is 2.23. The van der Waals surface area contributed by atoms with Crippen LogP contribution in [0.25, 0.3) is 11.0 Å². The summed E-state index contributed by atoms with van der Waals surface area (Å²) in [6, 6.07) is 7.37. The molecule has 20 heavy (non-hydrogen) atoms. The molecule has 2 N–H and O–H groups in total. The third-order valence-corrected chi connectivity index (χ3v) is 3.27. The van der Waals surface area contributed by atoms with E-state index in [1.165, 1.54) is 6.26 Å². The first-order valence-electron chi connectivity index (χ1n) is 6.48. The number of ether oxygens (including phenoxy) is 1. The Balaban J connectivity index is 2.22. The van der Waals surface area contributed by atoms with Gasteiger partial charge < -0.3 is 19.6 Å². The van der Waals surface area contributed by atoms with Crippen LogP contribution < -0.4 is 5.32 Å². The summed E-state index contributed by atoms with van der Waals surface area (Å²) in [4.78, 5) is 12.4. The topological polar surface area (TPSA) is 71.7 Å². The standard InChI is InChI=1S/C15H19NO4/c1-15(7-8-17,10-19-2)16-14(18)12-9-20-13-6-4-3-5-11(12)13/h3-6,9,17H,7-8,10H2,1-2H3,(H,16,18)/t15-/m1/s1. The number of aliphatic hydroxyl groups excluding tert-OH is 1. The minimum Gasteiger partial charge on any atom is -0.463 e. The lowest BCUT2D eigenvalue weighted by Crippen LogP contribution is -2.50. The zero-order chi connectivity index (χ0) is 14.6. The quantitative estimate of drug-likeness (QED) is 0.846. The van der Waals surface area contributed by atoms with Crippen LogP contribution in [0.15, 0.2) is 34.9 Å². The van der Waals surface area contributed by atoms with Crippen LogP contribution in [0.4, 0.5) is 0 Å². The average molecular weight is 277 g/mol. The molecule has 0 spiro atoms. The summed E-state index contributed by atoms with van der Waals surface area (Å²) in [6.07, 6.45) is 1.87. The first-order chi connectivity index (χ1) is 9.59. The lowest BCUT2D eigenvalue weighted by molar-refractivity contribution is 0.0726. The van der Waals surface area contributed by atoms with Gasteiger partial charge in [-0.25, -0.2) is 0 Å². The Kier molecular flexibility index (Phi) is 4.42. The van der Waals surface area contributed by atoms with Gasteiger partial charge in [-0.15, -0.1) is 0 Å². The molecule has 1 aromatic heterocycles. The second-order valence-corrected chi connectivity index (χ2v) is 5.07. The second-order valence-electron chi connectivity index (χ2n) is 5.07. The number of para-hydroxylation sites is 1. The number of benzene rings is 1. The summed E-state index contributed by atoms with van der Waals surface area (Å²) in [5.74, 6) is -0.233. The molecular weight excluding hydrogens is 258 g/mol. The molecule has 0 aliphatic heterocycles. The van der Waals surface area contributed by atoms with Gasteiger partial charge in [-0.05, 0) is 19.4 Å². The maximum atomic E-state index is 12.4. The molecule has 0 unspecified atom stereocenters. The summed E-state index contributed by atoms with van der Waals surface area (Å²) in [5, 5.41) is 12.8. The predicted octanol–water partition coefficient (Wildman–Crippen LogP) is 1.95. The highest BCUT2D eigenvalue weighted by molar-refractivity contribution is 6.06. The van der Waals surface area contributed by atoms with Crippen LogP contribution in [-0.4, -0.2) is 36.9 Å². The molecule has 5 heteroatoms. The van der Waals surface area contributed by atoms with Gasteiger partial charge in [0.1, 0.15) is 11.8 Å². The Bertz CT molecular complexity index is 584. The van der Waals surface area contributed by atoms with Gasteiger partial charge in [0.15, 0.2) is 0 Å². The third kappa shape index (κ3) is 3.00. The zero-order valence-electron chi connectivity index (χ0n) is 11.7. The first kappa shape index (κ1) is 14.6. The molecule has 5 nitrogen and oxygen atoms in total. The number of aliphatic hydroxyl groups is 1. The van der Waals surface area contributed by atoms with Gasteiger partial charge in [0.05, 0.1) is 17.7 Å². The van der Waals surface area contributed by atoms with Crippen molar-refractivity contribution in [2.75, 3.05) is 20.3 Å². The normalized spacial score (nSPS) is 14.2. The Morgan fingerprint density at radius 2 is 2.20 bits per heavy atom. The van der Waals surface area contributed by atoms with E-state index in [0.717, 1.165) is 5.39 Å². The molecule has 1 aromatic carbocycles. The van der Waals surface area contributed by atoms with Crippen molar-refractivity contribution >= 4 is 16.9 Å². The van der Waals surface area contributed by atoms with E-state index in [2.05, 4.69) is 5.32 Å². The van der Waals surface area contributed by atoms with E-state index in [1.807, 2.05) is 31.2 Å². The SMILES string of the molecule is COC[C@@](C)(CCO)NC(=O)c1coc2ccccc12. The van der Waals surface area contributed by atoms with Crippen molar-refractivity contribution in [3.63, 3.8) is 0 Å². The van der Waals surface area contributed by atoms with E-state index >= 15 is 0 Å². The van der Waals surface area contributed by atoms with Crippen molar-refractivity contribution in [3.8, 4) is 0 Å². The van der Waals surface area contributed by atoms with Gasteiger partial charge in [-0.2, -0.15) is 0 Å². The lowest BCUT2D eigenvalue weighted by Gasteiger charge is -2.29. The Morgan fingerprint density at radius 1 is 1.45 bits per heavy atom. The maximum Gasteiger partial charge on any atom is 0.255 e. The number of hydrogen-bond donors (Lipinski definition) is 2. The molecule has 1 atom stereocenters. The Hall–Kier alpha value is -1.85. The van der Waals surface area contributed by atoms with Crippen molar-refractivity contribution in [2.24, 2.45) is 0 Å². The zero-order valence-corrected chi connectivity index (χ0v) is 11.7. The summed E-state index contributed by atoms with van der Waals surface area (Å²) >= 11 is 0. The highest BCUT2D eigenvalue weighted by Gasteiger charge is 2.27. The minimum absolute atomic E-state index is 0.0216. The summed E-state index contributed by atoms with van der Waals surface area (Å²) in [7, 11) is 1.56. The molecule has 0 saturated carbocycles. The smallest absolute Gasteiger partial charge is 0.255 e. The predicted molar refractivity (Wildman–Crippen MR) is 75.7 cm³/mol. The molecule has 2 rings (SSSR count). The second kappa shape index (κ2) is 6.07. The number of carbonyl (C=O) groups excluding carboxylic acids is 1. The molecule has 1 amide bonds. The highest BCUT2D eigenvalue weighted by atomic mass is 16.5. The van der Waals surface area contributed by atoms with Crippen LogP contribution in [0.3, 0.4) is 0 Å². The van der Waals surface area contributed by atoms with Crippen LogP contribution >= 0.6 is 0 Å². The van der Waals surface area contributed by atoms with E-state index in [1.54, 1.807) is 7.11 Å². The van der Waals surface area contributed by atoms with Gasteiger partial charge in [0.25, 0.3) is 5.91 Å². The van der Waals surface area contributed by atoms with Gasteiger partial charge in [0.2, 0.25) is 0 Å².